The molecule has 12 heavy (non-hydrogen) atoms. The van der Waals surface area contributed by atoms with Crippen molar-refractivity contribution in [3.63, 3.8) is 0 Å². The standard InChI is InChI=1S/C7H8BrN3O/c1-4(9)6(12)7-10-2-5(8)3-11-7/h2-4H,9H2,1H3. The van der Waals surface area contributed by atoms with Crippen LogP contribution in [-0.2, 0) is 0 Å². The molecule has 1 atom stereocenters. The van der Waals surface area contributed by atoms with Crippen molar-refractivity contribution in [1.29, 1.82) is 0 Å². The number of nitrogens with two attached hydrogens (primary N) is 1. The molecule has 1 heterocycles. The van der Waals surface area contributed by atoms with Gasteiger partial charge in [0.1, 0.15) is 0 Å². The van der Waals surface area contributed by atoms with Crippen molar-refractivity contribution in [2.75, 3.05) is 0 Å². The normalized spacial score (nSPS) is 12.6. The number of nitrogens with zero attached hydrogens (tertiary/aromatic N) is 2. The first-order chi connectivity index (χ1) is 5.61. The molecule has 0 fully saturated rings. The highest BCUT2D eigenvalue weighted by Gasteiger charge is 2.12. The molecule has 5 heteroatoms. The second-order valence-electron chi connectivity index (χ2n) is 2.38. The quantitative estimate of drug-likeness (QED) is 0.762. The van der Waals surface area contributed by atoms with Gasteiger partial charge in [-0.2, -0.15) is 0 Å². The van der Waals surface area contributed by atoms with Crippen LogP contribution >= 0.6 is 15.9 Å². The maximum absolute atomic E-state index is 11.2. The Kier molecular flexibility index (Phi) is 2.88. The first-order valence-electron chi connectivity index (χ1n) is 3.38. The maximum atomic E-state index is 11.2. The molecule has 0 saturated carbocycles. The van der Waals surface area contributed by atoms with E-state index in [4.69, 9.17) is 5.73 Å². The van der Waals surface area contributed by atoms with Crippen LogP contribution in [-0.4, -0.2) is 21.8 Å². The Hall–Kier alpha value is -0.810. The summed E-state index contributed by atoms with van der Waals surface area (Å²) in [6.45, 7) is 1.60. The molecule has 4 nitrogen and oxygen atoms in total. The van der Waals surface area contributed by atoms with Crippen LogP contribution in [0.25, 0.3) is 0 Å². The van der Waals surface area contributed by atoms with Crippen molar-refractivity contribution < 1.29 is 4.79 Å². The zero-order valence-corrected chi connectivity index (χ0v) is 8.08. The Morgan fingerprint density at radius 2 is 2.08 bits per heavy atom. The zero-order chi connectivity index (χ0) is 9.14. The van der Waals surface area contributed by atoms with Crippen LogP contribution in [0.4, 0.5) is 0 Å². The van der Waals surface area contributed by atoms with Crippen molar-refractivity contribution in [3.8, 4) is 0 Å². The molecule has 0 bridgehead atoms. The molecule has 0 aromatic carbocycles. The minimum absolute atomic E-state index is 0.160. The third-order valence-electron chi connectivity index (χ3n) is 1.25. The van der Waals surface area contributed by atoms with Gasteiger partial charge in [-0.15, -0.1) is 0 Å². The molecule has 0 aliphatic rings. The molecule has 1 rings (SSSR count). The highest BCUT2D eigenvalue weighted by molar-refractivity contribution is 9.10. The third kappa shape index (κ3) is 2.09. The van der Waals surface area contributed by atoms with Gasteiger partial charge in [0, 0.05) is 12.4 Å². The monoisotopic (exact) mass is 229 g/mol. The second kappa shape index (κ2) is 3.73. The molecule has 1 unspecified atom stereocenters. The molecular weight excluding hydrogens is 222 g/mol. The predicted octanol–water partition coefficient (Wildman–Crippen LogP) is 0.769. The summed E-state index contributed by atoms with van der Waals surface area (Å²) in [6, 6.07) is -0.550. The molecule has 0 spiro atoms. The maximum Gasteiger partial charge on any atom is 0.216 e. The molecule has 1 aromatic rings. The number of carbonyl (C=O) groups is 1. The van der Waals surface area contributed by atoms with Gasteiger partial charge in [0.15, 0.2) is 5.82 Å². The third-order valence-corrected chi connectivity index (χ3v) is 1.66. The number of hydrogen-bond donors (Lipinski definition) is 1. The van der Waals surface area contributed by atoms with Gasteiger partial charge >= 0.3 is 0 Å². The molecule has 0 amide bonds. The van der Waals surface area contributed by atoms with Crippen molar-refractivity contribution in [2.24, 2.45) is 5.73 Å². The van der Waals surface area contributed by atoms with Crippen LogP contribution < -0.4 is 5.73 Å². The molecular formula is C7H8BrN3O. The molecule has 0 aliphatic heterocycles. The lowest BCUT2D eigenvalue weighted by molar-refractivity contribution is 0.0957. The smallest absolute Gasteiger partial charge is 0.216 e. The van der Waals surface area contributed by atoms with E-state index in [0.717, 1.165) is 4.47 Å². The van der Waals surface area contributed by atoms with Crippen LogP contribution in [0.2, 0.25) is 0 Å². The Balaban J connectivity index is 2.90. The number of carbonyl (C=O) groups excluding carboxylic acids is 1. The molecule has 1 aromatic heterocycles. The first kappa shape index (κ1) is 9.28. The number of Topliss-reactive ketones (excluding diaryl/α,β-unsaturated/α-hetero) is 1. The van der Waals surface area contributed by atoms with Gasteiger partial charge in [0.05, 0.1) is 10.5 Å². The largest absolute Gasteiger partial charge is 0.321 e. The fourth-order valence-electron chi connectivity index (χ4n) is 0.643. The Bertz CT molecular complexity index is 283. The van der Waals surface area contributed by atoms with Crippen molar-refractivity contribution >= 4 is 21.7 Å². The summed E-state index contributed by atoms with van der Waals surface area (Å²) in [7, 11) is 0. The van der Waals surface area contributed by atoms with Crippen LogP contribution in [0.3, 0.4) is 0 Å². The van der Waals surface area contributed by atoms with E-state index in [0.29, 0.717) is 0 Å². The van der Waals surface area contributed by atoms with Crippen molar-refractivity contribution in [1.82, 2.24) is 9.97 Å². The van der Waals surface area contributed by atoms with Crippen LogP contribution in [0.15, 0.2) is 16.9 Å². The SMILES string of the molecule is CC(N)C(=O)c1ncc(Br)cn1. The number of aromatic nitrogens is 2. The van der Waals surface area contributed by atoms with Crippen molar-refractivity contribution in [3.05, 3.63) is 22.7 Å². The zero-order valence-electron chi connectivity index (χ0n) is 6.49. The molecule has 64 valence electrons. The summed E-state index contributed by atoms with van der Waals surface area (Å²) in [4.78, 5) is 18.8. The molecule has 2 N–H and O–H groups in total. The fourth-order valence-corrected chi connectivity index (χ4v) is 0.848. The van der Waals surface area contributed by atoms with E-state index in [-0.39, 0.29) is 11.6 Å². The van der Waals surface area contributed by atoms with Gasteiger partial charge in [-0.1, -0.05) is 0 Å². The average molecular weight is 230 g/mol. The van der Waals surface area contributed by atoms with E-state index >= 15 is 0 Å². The second-order valence-corrected chi connectivity index (χ2v) is 3.29. The summed E-state index contributed by atoms with van der Waals surface area (Å²) in [6.07, 6.45) is 3.03. The predicted molar refractivity (Wildman–Crippen MR) is 47.7 cm³/mol. The first-order valence-corrected chi connectivity index (χ1v) is 4.18. The molecule has 0 radical (unpaired) electrons. The number of ketones is 1. The number of halogens is 1. The Labute approximate surface area is 78.3 Å². The van der Waals surface area contributed by atoms with E-state index in [1.807, 2.05) is 0 Å². The minimum atomic E-state index is -0.550. The highest BCUT2D eigenvalue weighted by Crippen LogP contribution is 2.05. The van der Waals surface area contributed by atoms with Crippen LogP contribution in [0.5, 0.6) is 0 Å². The topological polar surface area (TPSA) is 68.9 Å². The lowest BCUT2D eigenvalue weighted by atomic mass is 10.2. The summed E-state index contributed by atoms with van der Waals surface area (Å²) >= 11 is 3.16. The Morgan fingerprint density at radius 1 is 1.58 bits per heavy atom. The van der Waals surface area contributed by atoms with Gasteiger partial charge in [-0.25, -0.2) is 9.97 Å². The van der Waals surface area contributed by atoms with Gasteiger partial charge in [-0.3, -0.25) is 4.79 Å². The number of rotatable bonds is 2. The van der Waals surface area contributed by atoms with Crippen LogP contribution in [0.1, 0.15) is 17.5 Å². The van der Waals surface area contributed by atoms with Gasteiger partial charge in [0.2, 0.25) is 5.78 Å². The summed E-state index contributed by atoms with van der Waals surface area (Å²) < 4.78 is 0.740. The molecule has 0 saturated heterocycles. The van der Waals surface area contributed by atoms with Gasteiger partial charge < -0.3 is 5.73 Å². The van der Waals surface area contributed by atoms with E-state index in [1.54, 1.807) is 6.92 Å². The minimum Gasteiger partial charge on any atom is -0.321 e. The lowest BCUT2D eigenvalue weighted by Crippen LogP contribution is -2.28. The van der Waals surface area contributed by atoms with E-state index in [2.05, 4.69) is 25.9 Å². The van der Waals surface area contributed by atoms with Gasteiger partial charge in [0.25, 0.3) is 0 Å². The van der Waals surface area contributed by atoms with E-state index in [1.165, 1.54) is 12.4 Å². The summed E-state index contributed by atoms with van der Waals surface area (Å²) in [5.74, 6) is -0.0873. The van der Waals surface area contributed by atoms with E-state index < -0.39 is 6.04 Å². The number of hydrogen-bond acceptors (Lipinski definition) is 4. The summed E-state index contributed by atoms with van der Waals surface area (Å²) in [5.41, 5.74) is 5.36. The highest BCUT2D eigenvalue weighted by atomic mass is 79.9. The fraction of sp³-hybridized carbons (Fsp3) is 0.286. The van der Waals surface area contributed by atoms with Gasteiger partial charge in [-0.05, 0) is 22.9 Å². The van der Waals surface area contributed by atoms with Crippen molar-refractivity contribution in [2.45, 2.75) is 13.0 Å². The lowest BCUT2D eigenvalue weighted by Gasteiger charge is -2.01. The molecule has 0 aliphatic carbocycles. The van der Waals surface area contributed by atoms with Crippen LogP contribution in [0, 0.1) is 0 Å². The Morgan fingerprint density at radius 3 is 2.50 bits per heavy atom. The summed E-state index contributed by atoms with van der Waals surface area (Å²) in [5, 5.41) is 0. The van der Waals surface area contributed by atoms with E-state index in [9.17, 15) is 4.79 Å². The average Bonchev–Trinajstić information content (AvgIpc) is 2.04.